The topological polar surface area (TPSA) is 64.8 Å². The van der Waals surface area contributed by atoms with Gasteiger partial charge in [0, 0.05) is 41.2 Å². The third kappa shape index (κ3) is 2.78. The van der Waals surface area contributed by atoms with Crippen LogP contribution in [-0.2, 0) is 0 Å². The summed E-state index contributed by atoms with van der Waals surface area (Å²) >= 11 is 0. The fourth-order valence-corrected chi connectivity index (χ4v) is 4.30. The monoisotopic (exact) mass is 372 g/mol. The number of nitrogens with zero attached hydrogens (tertiary/aromatic N) is 2. The molecule has 1 aliphatic heterocycles. The van der Waals surface area contributed by atoms with E-state index in [0.717, 1.165) is 64.9 Å². The summed E-state index contributed by atoms with van der Waals surface area (Å²) in [5.74, 6) is 1.56. The van der Waals surface area contributed by atoms with Crippen molar-refractivity contribution in [3.63, 3.8) is 0 Å². The molecule has 142 valence electrons. The van der Waals surface area contributed by atoms with E-state index in [1.807, 2.05) is 41.3 Å². The van der Waals surface area contributed by atoms with E-state index in [4.69, 9.17) is 4.98 Å². The predicted octanol–water partition coefficient (Wildman–Crippen LogP) is 4.68. The average Bonchev–Trinajstić information content (AvgIpc) is 3.28. The Hall–Kier alpha value is -3.08. The van der Waals surface area contributed by atoms with Crippen LogP contribution in [0, 0.1) is 13.8 Å². The van der Waals surface area contributed by atoms with Crippen LogP contribution in [0.4, 0.5) is 0 Å². The van der Waals surface area contributed by atoms with Crippen molar-refractivity contribution in [2.24, 2.45) is 0 Å². The van der Waals surface area contributed by atoms with Crippen LogP contribution in [0.1, 0.15) is 46.2 Å². The van der Waals surface area contributed by atoms with Crippen LogP contribution >= 0.6 is 0 Å². The molecule has 1 aliphatic rings. The van der Waals surface area contributed by atoms with Gasteiger partial charge in [0.05, 0.1) is 11.0 Å². The number of rotatable bonds is 2. The third-order valence-corrected chi connectivity index (χ3v) is 6.13. The summed E-state index contributed by atoms with van der Waals surface area (Å²) < 4.78 is 0. The summed E-state index contributed by atoms with van der Waals surface area (Å²) in [5, 5.41) is 1.14. The van der Waals surface area contributed by atoms with Gasteiger partial charge in [-0.05, 0) is 62.6 Å². The van der Waals surface area contributed by atoms with Crippen molar-refractivity contribution in [3.8, 4) is 0 Å². The Morgan fingerprint density at radius 3 is 2.61 bits per heavy atom. The van der Waals surface area contributed by atoms with Gasteiger partial charge in [0.25, 0.3) is 5.91 Å². The summed E-state index contributed by atoms with van der Waals surface area (Å²) in [5.41, 5.74) is 6.34. The number of H-pyrrole nitrogens is 2. The lowest BCUT2D eigenvalue weighted by molar-refractivity contribution is 0.0711. The molecule has 0 aliphatic carbocycles. The Labute approximate surface area is 163 Å². The zero-order valence-corrected chi connectivity index (χ0v) is 16.2. The molecule has 0 atom stereocenters. The Bertz CT molecular complexity index is 1140. The first-order valence-corrected chi connectivity index (χ1v) is 9.93. The number of aromatic amines is 2. The summed E-state index contributed by atoms with van der Waals surface area (Å²) in [6, 6.07) is 14.1. The number of carbonyl (C=O) groups is 1. The summed E-state index contributed by atoms with van der Waals surface area (Å²) in [6.07, 6.45) is 1.88. The molecule has 3 heterocycles. The van der Waals surface area contributed by atoms with Crippen LogP contribution in [-0.4, -0.2) is 38.8 Å². The number of fused-ring (bicyclic) bond motifs is 2. The van der Waals surface area contributed by atoms with Crippen molar-refractivity contribution >= 4 is 27.8 Å². The lowest BCUT2D eigenvalue weighted by atomic mass is 9.95. The smallest absolute Gasteiger partial charge is 0.253 e. The summed E-state index contributed by atoms with van der Waals surface area (Å²) in [7, 11) is 0. The van der Waals surface area contributed by atoms with Crippen LogP contribution in [0.25, 0.3) is 21.9 Å². The van der Waals surface area contributed by atoms with Crippen LogP contribution in [0.3, 0.4) is 0 Å². The van der Waals surface area contributed by atoms with Gasteiger partial charge in [-0.2, -0.15) is 0 Å². The summed E-state index contributed by atoms with van der Waals surface area (Å²) in [6.45, 7) is 5.70. The molecule has 0 saturated carbocycles. The lowest BCUT2D eigenvalue weighted by Crippen LogP contribution is -2.38. The van der Waals surface area contributed by atoms with Gasteiger partial charge in [-0.1, -0.05) is 12.1 Å². The highest BCUT2D eigenvalue weighted by molar-refractivity contribution is 5.99. The largest absolute Gasteiger partial charge is 0.358 e. The maximum atomic E-state index is 13.0. The van der Waals surface area contributed by atoms with E-state index in [1.165, 1.54) is 5.56 Å². The standard InChI is InChI=1S/C23H24N4O/c1-14-15(2)24-19-8-7-17(13-18(14)19)23(28)27-11-9-16(10-12-27)22-25-20-5-3-4-6-21(20)26-22/h3-8,13,16,24H,9-12H2,1-2H3,(H,25,26). The molecule has 2 aromatic heterocycles. The molecule has 5 heteroatoms. The number of imidazole rings is 1. The Balaban J connectivity index is 1.32. The highest BCUT2D eigenvalue weighted by atomic mass is 16.2. The molecule has 28 heavy (non-hydrogen) atoms. The number of nitrogens with one attached hydrogen (secondary N) is 2. The van der Waals surface area contributed by atoms with Crippen molar-refractivity contribution in [1.82, 2.24) is 19.9 Å². The molecule has 5 nitrogen and oxygen atoms in total. The number of aromatic nitrogens is 3. The number of carbonyl (C=O) groups excluding carboxylic acids is 1. The maximum Gasteiger partial charge on any atom is 0.253 e. The molecule has 1 fully saturated rings. The average molecular weight is 372 g/mol. The van der Waals surface area contributed by atoms with E-state index in [0.29, 0.717) is 5.92 Å². The van der Waals surface area contributed by atoms with Gasteiger partial charge in [0.15, 0.2) is 0 Å². The Morgan fingerprint density at radius 2 is 1.82 bits per heavy atom. The molecule has 0 spiro atoms. The highest BCUT2D eigenvalue weighted by Crippen LogP contribution is 2.29. The fourth-order valence-electron chi connectivity index (χ4n) is 4.30. The van der Waals surface area contributed by atoms with Gasteiger partial charge < -0.3 is 14.9 Å². The van der Waals surface area contributed by atoms with Crippen LogP contribution in [0.15, 0.2) is 42.5 Å². The zero-order valence-electron chi connectivity index (χ0n) is 16.2. The van der Waals surface area contributed by atoms with Crippen LogP contribution in [0.5, 0.6) is 0 Å². The normalized spacial score (nSPS) is 15.6. The molecule has 1 amide bonds. The number of likely N-dealkylation sites (tertiary alicyclic amines) is 1. The van der Waals surface area contributed by atoms with Crippen molar-refractivity contribution in [3.05, 3.63) is 65.1 Å². The van der Waals surface area contributed by atoms with Crippen molar-refractivity contribution < 1.29 is 4.79 Å². The first-order chi connectivity index (χ1) is 13.6. The third-order valence-electron chi connectivity index (χ3n) is 6.13. The molecule has 1 saturated heterocycles. The van der Waals surface area contributed by atoms with E-state index in [2.05, 4.69) is 29.9 Å². The van der Waals surface area contributed by atoms with Gasteiger partial charge in [-0.3, -0.25) is 4.79 Å². The molecule has 4 aromatic rings. The molecule has 2 N–H and O–H groups in total. The zero-order chi connectivity index (χ0) is 19.3. The number of aryl methyl sites for hydroxylation is 2. The number of hydrogen-bond acceptors (Lipinski definition) is 2. The number of benzene rings is 2. The van der Waals surface area contributed by atoms with Crippen molar-refractivity contribution in [1.29, 1.82) is 0 Å². The van der Waals surface area contributed by atoms with Crippen molar-refractivity contribution in [2.75, 3.05) is 13.1 Å². The Kier molecular flexibility index (Phi) is 3.97. The second-order valence-corrected chi connectivity index (χ2v) is 7.84. The first kappa shape index (κ1) is 17.0. The van der Waals surface area contributed by atoms with E-state index in [9.17, 15) is 4.79 Å². The van der Waals surface area contributed by atoms with Gasteiger partial charge >= 0.3 is 0 Å². The minimum Gasteiger partial charge on any atom is -0.358 e. The lowest BCUT2D eigenvalue weighted by Gasteiger charge is -2.31. The number of para-hydroxylation sites is 2. The molecule has 0 unspecified atom stereocenters. The van der Waals surface area contributed by atoms with Crippen LogP contribution in [0.2, 0.25) is 0 Å². The van der Waals surface area contributed by atoms with E-state index in [-0.39, 0.29) is 5.91 Å². The minimum atomic E-state index is 0.128. The first-order valence-electron chi connectivity index (χ1n) is 9.93. The maximum absolute atomic E-state index is 13.0. The second kappa shape index (κ2) is 6.51. The minimum absolute atomic E-state index is 0.128. The molecule has 5 rings (SSSR count). The van der Waals surface area contributed by atoms with Gasteiger partial charge in [-0.25, -0.2) is 4.98 Å². The number of amides is 1. The van der Waals surface area contributed by atoms with Gasteiger partial charge in [-0.15, -0.1) is 0 Å². The van der Waals surface area contributed by atoms with Gasteiger partial charge in [0.2, 0.25) is 0 Å². The SMILES string of the molecule is Cc1[nH]c2ccc(C(=O)N3CCC(c4nc5ccccc5[nH]4)CC3)cc2c1C. The van der Waals surface area contributed by atoms with E-state index in [1.54, 1.807) is 0 Å². The number of hydrogen-bond donors (Lipinski definition) is 2. The fraction of sp³-hybridized carbons (Fsp3) is 0.304. The predicted molar refractivity (Wildman–Crippen MR) is 112 cm³/mol. The number of piperidine rings is 1. The second-order valence-electron chi connectivity index (χ2n) is 7.84. The highest BCUT2D eigenvalue weighted by Gasteiger charge is 2.26. The molecule has 2 aromatic carbocycles. The van der Waals surface area contributed by atoms with Crippen molar-refractivity contribution in [2.45, 2.75) is 32.6 Å². The van der Waals surface area contributed by atoms with Crippen LogP contribution < -0.4 is 0 Å². The molecular formula is C23H24N4O. The molecule has 0 bridgehead atoms. The molecule has 0 radical (unpaired) electrons. The van der Waals surface area contributed by atoms with E-state index < -0.39 is 0 Å². The molecular weight excluding hydrogens is 348 g/mol. The summed E-state index contributed by atoms with van der Waals surface area (Å²) in [4.78, 5) is 26.6. The Morgan fingerprint density at radius 1 is 1.04 bits per heavy atom. The van der Waals surface area contributed by atoms with Gasteiger partial charge in [0.1, 0.15) is 5.82 Å². The quantitative estimate of drug-likeness (QED) is 0.536. The van der Waals surface area contributed by atoms with E-state index >= 15 is 0 Å².